The lowest BCUT2D eigenvalue weighted by Gasteiger charge is -2.47. The first kappa shape index (κ1) is 19.5. The van der Waals surface area contributed by atoms with Crippen LogP contribution in [0.15, 0.2) is 0 Å². The minimum Gasteiger partial charge on any atom is -0.464 e. The van der Waals surface area contributed by atoms with E-state index in [0.717, 1.165) is 19.3 Å². The van der Waals surface area contributed by atoms with E-state index in [0.29, 0.717) is 49.8 Å². The number of aromatic amines is 1. The van der Waals surface area contributed by atoms with Gasteiger partial charge in [-0.25, -0.2) is 9.59 Å². The quantitative estimate of drug-likeness (QED) is 0.747. The monoisotopic (exact) mass is 380 g/mol. The van der Waals surface area contributed by atoms with Gasteiger partial charge in [0.25, 0.3) is 0 Å². The molecular formula is C17H28N6O4. The van der Waals surface area contributed by atoms with E-state index >= 15 is 0 Å². The summed E-state index contributed by atoms with van der Waals surface area (Å²) in [7, 11) is 3.41. The molecule has 1 amide bonds. The highest BCUT2D eigenvalue weighted by molar-refractivity contribution is 5.81. The topological polar surface area (TPSA) is 114 Å². The van der Waals surface area contributed by atoms with Crippen LogP contribution in [-0.2, 0) is 20.8 Å². The molecule has 0 spiro atoms. The highest BCUT2D eigenvalue weighted by atomic mass is 16.6. The summed E-state index contributed by atoms with van der Waals surface area (Å²) in [6, 6.07) is -0.183. The number of fused-ring (bicyclic) bond motifs is 1. The normalized spacial score (nSPS) is 27.9. The molecule has 1 aliphatic carbocycles. The van der Waals surface area contributed by atoms with Crippen molar-refractivity contribution in [1.82, 2.24) is 30.4 Å². The molecule has 27 heavy (non-hydrogen) atoms. The fourth-order valence-corrected chi connectivity index (χ4v) is 4.41. The maximum atomic E-state index is 12.4. The van der Waals surface area contributed by atoms with Crippen LogP contribution in [0.2, 0.25) is 0 Å². The zero-order valence-electron chi connectivity index (χ0n) is 16.1. The standard InChI is InChI=1S/C17H28N6O4/c1-4-27-16(24)14-8-12-7-13(22(2)10-15-18-20-21-19-15)6-5-11(12)9-23(14)17(25)26-3/h11-14H,4-10H2,1-3H3,(H,18,19,20,21)/t11-,12+,13-,14-/m0/s1. The second-order valence-electron chi connectivity index (χ2n) is 7.36. The number of amides is 1. The molecule has 1 saturated heterocycles. The van der Waals surface area contributed by atoms with E-state index in [1.54, 1.807) is 11.8 Å². The molecule has 2 fully saturated rings. The highest BCUT2D eigenvalue weighted by Crippen LogP contribution is 2.40. The predicted molar refractivity (Wildman–Crippen MR) is 94.4 cm³/mol. The summed E-state index contributed by atoms with van der Waals surface area (Å²) in [5.41, 5.74) is 0. The van der Waals surface area contributed by atoms with E-state index in [4.69, 9.17) is 9.47 Å². The zero-order valence-corrected chi connectivity index (χ0v) is 16.1. The smallest absolute Gasteiger partial charge is 0.410 e. The molecule has 1 saturated carbocycles. The number of piperidine rings is 1. The van der Waals surface area contributed by atoms with E-state index in [9.17, 15) is 9.59 Å². The average Bonchev–Trinajstić information content (AvgIpc) is 3.19. The molecule has 0 radical (unpaired) electrons. The summed E-state index contributed by atoms with van der Waals surface area (Å²) < 4.78 is 10.1. The number of nitrogens with one attached hydrogen (secondary N) is 1. The van der Waals surface area contributed by atoms with E-state index in [1.807, 2.05) is 0 Å². The second-order valence-corrected chi connectivity index (χ2v) is 7.36. The third kappa shape index (κ3) is 4.37. The largest absolute Gasteiger partial charge is 0.464 e. The number of ether oxygens (including phenoxy) is 2. The first-order chi connectivity index (χ1) is 13.0. The number of esters is 1. The van der Waals surface area contributed by atoms with Crippen molar-refractivity contribution in [2.24, 2.45) is 11.8 Å². The van der Waals surface area contributed by atoms with Gasteiger partial charge >= 0.3 is 12.1 Å². The van der Waals surface area contributed by atoms with Gasteiger partial charge in [-0.1, -0.05) is 5.21 Å². The van der Waals surface area contributed by atoms with Crippen LogP contribution in [0.25, 0.3) is 0 Å². The molecule has 10 heteroatoms. The maximum absolute atomic E-state index is 12.4. The van der Waals surface area contributed by atoms with Crippen molar-refractivity contribution in [2.45, 2.75) is 51.2 Å². The Morgan fingerprint density at radius 1 is 1.30 bits per heavy atom. The Hall–Kier alpha value is -2.23. The van der Waals surface area contributed by atoms with E-state index < -0.39 is 12.1 Å². The van der Waals surface area contributed by atoms with Gasteiger partial charge in [0.05, 0.1) is 20.3 Å². The van der Waals surface area contributed by atoms with Crippen molar-refractivity contribution in [3.8, 4) is 0 Å². The first-order valence-corrected chi connectivity index (χ1v) is 9.47. The van der Waals surface area contributed by atoms with Crippen molar-refractivity contribution < 1.29 is 19.1 Å². The van der Waals surface area contributed by atoms with Crippen molar-refractivity contribution in [2.75, 3.05) is 27.3 Å². The van der Waals surface area contributed by atoms with E-state index in [2.05, 4.69) is 32.6 Å². The SMILES string of the molecule is CCOC(=O)[C@@H]1C[C@H]2C[C@@H](N(C)Cc3nn[nH]n3)CC[C@H]2CN1C(=O)OC. The number of H-pyrrole nitrogens is 1. The summed E-state index contributed by atoms with van der Waals surface area (Å²) in [4.78, 5) is 28.4. The molecule has 1 aromatic heterocycles. The third-order valence-corrected chi connectivity index (χ3v) is 5.82. The molecule has 1 aliphatic heterocycles. The zero-order chi connectivity index (χ0) is 19.4. The fraction of sp³-hybridized carbons (Fsp3) is 0.824. The first-order valence-electron chi connectivity index (χ1n) is 9.47. The van der Waals surface area contributed by atoms with E-state index in [1.165, 1.54) is 7.11 Å². The van der Waals surface area contributed by atoms with Crippen LogP contribution in [0, 0.1) is 11.8 Å². The molecular weight excluding hydrogens is 352 g/mol. The lowest BCUT2D eigenvalue weighted by molar-refractivity contribution is -0.152. The van der Waals surface area contributed by atoms with Gasteiger partial charge in [-0.05, 0) is 51.5 Å². The number of nitrogens with zero attached hydrogens (tertiary/aromatic N) is 5. The summed E-state index contributed by atoms with van der Waals surface area (Å²) in [6.45, 7) is 3.25. The van der Waals surface area contributed by atoms with Gasteiger partial charge in [0.2, 0.25) is 0 Å². The lowest BCUT2D eigenvalue weighted by atomic mass is 9.71. The second kappa shape index (κ2) is 8.64. The number of hydrogen-bond donors (Lipinski definition) is 1. The van der Waals surface area contributed by atoms with Crippen LogP contribution >= 0.6 is 0 Å². The Bertz CT molecular complexity index is 639. The number of aromatic nitrogens is 4. The highest BCUT2D eigenvalue weighted by Gasteiger charge is 2.45. The van der Waals surface area contributed by atoms with Gasteiger partial charge in [0.15, 0.2) is 5.82 Å². The van der Waals surface area contributed by atoms with Crippen LogP contribution in [-0.4, -0.2) is 81.9 Å². The summed E-state index contributed by atoms with van der Waals surface area (Å²) in [5, 5.41) is 14.1. The van der Waals surface area contributed by atoms with Gasteiger partial charge in [-0.2, -0.15) is 5.21 Å². The van der Waals surface area contributed by atoms with Crippen LogP contribution in [0.1, 0.15) is 38.4 Å². The number of methoxy groups -OCH3 is 1. The fourth-order valence-electron chi connectivity index (χ4n) is 4.41. The van der Waals surface area contributed by atoms with Crippen molar-refractivity contribution >= 4 is 12.1 Å². The summed E-state index contributed by atoms with van der Waals surface area (Å²) in [6.07, 6.45) is 3.18. The van der Waals surface area contributed by atoms with Gasteiger partial charge in [-0.3, -0.25) is 9.80 Å². The molecule has 10 nitrogen and oxygen atoms in total. The molecule has 3 rings (SSSR count). The average molecular weight is 380 g/mol. The number of hydrogen-bond acceptors (Lipinski definition) is 8. The maximum Gasteiger partial charge on any atom is 0.410 e. The Morgan fingerprint density at radius 3 is 2.78 bits per heavy atom. The lowest BCUT2D eigenvalue weighted by Crippen LogP contribution is -2.56. The van der Waals surface area contributed by atoms with Crippen LogP contribution in [0.4, 0.5) is 4.79 Å². The number of tetrazole rings is 1. The minimum absolute atomic E-state index is 0.300. The van der Waals surface area contributed by atoms with Crippen LogP contribution in [0.5, 0.6) is 0 Å². The number of rotatable bonds is 5. The van der Waals surface area contributed by atoms with Gasteiger partial charge in [0, 0.05) is 12.6 Å². The third-order valence-electron chi connectivity index (χ3n) is 5.82. The molecule has 0 bridgehead atoms. The molecule has 2 heterocycles. The van der Waals surface area contributed by atoms with Crippen molar-refractivity contribution in [3.63, 3.8) is 0 Å². The van der Waals surface area contributed by atoms with Crippen LogP contribution < -0.4 is 0 Å². The van der Waals surface area contributed by atoms with Crippen LogP contribution in [0.3, 0.4) is 0 Å². The van der Waals surface area contributed by atoms with Gasteiger partial charge in [0.1, 0.15) is 6.04 Å². The molecule has 1 aromatic rings. The summed E-state index contributed by atoms with van der Waals surface area (Å²) >= 11 is 0. The molecule has 2 aliphatic rings. The summed E-state index contributed by atoms with van der Waals surface area (Å²) in [5.74, 6) is 1.07. The number of likely N-dealkylation sites (tertiary alicyclic amines) is 1. The van der Waals surface area contributed by atoms with Gasteiger partial charge in [-0.15, -0.1) is 10.2 Å². The molecule has 0 aromatic carbocycles. The van der Waals surface area contributed by atoms with Crippen molar-refractivity contribution in [3.05, 3.63) is 5.82 Å². The molecule has 150 valence electrons. The Balaban J connectivity index is 1.66. The Morgan fingerprint density at radius 2 is 2.11 bits per heavy atom. The Labute approximate surface area is 158 Å². The van der Waals surface area contributed by atoms with E-state index in [-0.39, 0.29) is 5.97 Å². The number of carbonyl (C=O) groups excluding carboxylic acids is 2. The Kier molecular flexibility index (Phi) is 6.25. The van der Waals surface area contributed by atoms with Crippen molar-refractivity contribution in [1.29, 1.82) is 0 Å². The molecule has 4 atom stereocenters. The molecule has 1 N–H and O–H groups in total. The predicted octanol–water partition coefficient (Wildman–Crippen LogP) is 0.820. The number of carbonyl (C=O) groups is 2. The molecule has 0 unspecified atom stereocenters. The van der Waals surface area contributed by atoms with Gasteiger partial charge < -0.3 is 9.47 Å². The minimum atomic E-state index is -0.570.